The molecule has 1 aromatic rings. The molecule has 1 aromatic carbocycles. The van der Waals surface area contributed by atoms with E-state index >= 15 is 0 Å². The van der Waals surface area contributed by atoms with Crippen LogP contribution in [0.1, 0.15) is 72.3 Å². The maximum Gasteiger partial charge on any atom is 0.408 e. The number of carbonyl (C=O) groups is 4. The van der Waals surface area contributed by atoms with Gasteiger partial charge in [0.2, 0.25) is 11.8 Å². The fourth-order valence-corrected chi connectivity index (χ4v) is 4.46. The van der Waals surface area contributed by atoms with Gasteiger partial charge < -0.3 is 25.8 Å². The Balaban J connectivity index is 1.83. The molecular weight excluding hydrogens is 474 g/mol. The highest BCUT2D eigenvalue weighted by atomic mass is 16.6. The van der Waals surface area contributed by atoms with Crippen LogP contribution in [0.25, 0.3) is 0 Å². The molecule has 0 spiro atoms. The zero-order chi connectivity index (χ0) is 27.6. The van der Waals surface area contributed by atoms with Gasteiger partial charge in [-0.25, -0.2) is 9.59 Å². The van der Waals surface area contributed by atoms with Gasteiger partial charge in [-0.2, -0.15) is 0 Å². The van der Waals surface area contributed by atoms with E-state index in [-0.39, 0.29) is 36.0 Å². The first-order valence-corrected chi connectivity index (χ1v) is 13.2. The number of nitrogens with one attached hydrogen (secondary N) is 3. The minimum atomic E-state index is -1.05. The van der Waals surface area contributed by atoms with Gasteiger partial charge in [0.25, 0.3) is 0 Å². The van der Waals surface area contributed by atoms with Gasteiger partial charge in [0.05, 0.1) is 0 Å². The topological polar surface area (TPSA) is 134 Å². The number of ether oxygens (including phenoxy) is 1. The summed E-state index contributed by atoms with van der Waals surface area (Å²) in [7, 11) is 0. The number of carbonyl (C=O) groups excluding carboxylic acids is 3. The Hall–Kier alpha value is -3.10. The minimum Gasteiger partial charge on any atom is -0.480 e. The molecule has 9 heteroatoms. The molecule has 1 fully saturated rings. The van der Waals surface area contributed by atoms with E-state index in [0.717, 1.165) is 24.8 Å². The molecule has 1 unspecified atom stereocenters. The molecular formula is C28H43N3O6. The van der Waals surface area contributed by atoms with E-state index in [4.69, 9.17) is 4.74 Å². The molecule has 9 nitrogen and oxygen atoms in total. The van der Waals surface area contributed by atoms with Crippen LogP contribution in [0, 0.1) is 17.8 Å². The Morgan fingerprint density at radius 2 is 1.65 bits per heavy atom. The summed E-state index contributed by atoms with van der Waals surface area (Å²) in [5.41, 5.74) is 0.198. The largest absolute Gasteiger partial charge is 0.480 e. The Morgan fingerprint density at radius 1 is 1.03 bits per heavy atom. The summed E-state index contributed by atoms with van der Waals surface area (Å²) in [5.74, 6) is -1.62. The fourth-order valence-electron chi connectivity index (χ4n) is 4.46. The average molecular weight is 518 g/mol. The zero-order valence-corrected chi connectivity index (χ0v) is 22.7. The molecule has 3 amide bonds. The number of carboxylic acid groups (broad SMARTS) is 1. The van der Waals surface area contributed by atoms with Crippen LogP contribution in [-0.2, 0) is 25.5 Å². The second-order valence-electron chi connectivity index (χ2n) is 11.1. The number of rotatable bonds is 11. The van der Waals surface area contributed by atoms with Gasteiger partial charge >= 0.3 is 12.1 Å². The molecule has 1 aliphatic rings. The minimum absolute atomic E-state index is 0.0648. The Morgan fingerprint density at radius 3 is 2.19 bits per heavy atom. The van der Waals surface area contributed by atoms with Crippen molar-refractivity contribution < 1.29 is 29.0 Å². The van der Waals surface area contributed by atoms with Gasteiger partial charge in [-0.1, -0.05) is 50.6 Å². The molecule has 2 rings (SSSR count). The van der Waals surface area contributed by atoms with Crippen molar-refractivity contribution in [1.82, 2.24) is 16.0 Å². The molecule has 0 saturated heterocycles. The van der Waals surface area contributed by atoms with Crippen molar-refractivity contribution in [1.29, 1.82) is 0 Å². The predicted molar refractivity (Wildman–Crippen MR) is 141 cm³/mol. The van der Waals surface area contributed by atoms with Crippen LogP contribution in [0.5, 0.6) is 0 Å². The van der Waals surface area contributed by atoms with Crippen LogP contribution in [0.4, 0.5) is 4.79 Å². The maximum atomic E-state index is 12.9. The normalized spacial score (nSPS) is 20.1. The number of benzene rings is 1. The number of carboxylic acids is 1. The second-order valence-corrected chi connectivity index (χ2v) is 11.1. The van der Waals surface area contributed by atoms with Crippen LogP contribution in [0.15, 0.2) is 30.3 Å². The van der Waals surface area contributed by atoms with Crippen LogP contribution in [-0.4, -0.2) is 53.2 Å². The molecule has 0 radical (unpaired) electrons. The van der Waals surface area contributed by atoms with Crippen molar-refractivity contribution in [3.05, 3.63) is 35.9 Å². The molecule has 0 bridgehead atoms. The number of amides is 3. The van der Waals surface area contributed by atoms with E-state index in [1.54, 1.807) is 20.8 Å². The van der Waals surface area contributed by atoms with Gasteiger partial charge in [-0.15, -0.1) is 0 Å². The summed E-state index contributed by atoms with van der Waals surface area (Å²) in [6, 6.07) is 7.57. The van der Waals surface area contributed by atoms with Gasteiger partial charge in [-0.3, -0.25) is 9.59 Å². The van der Waals surface area contributed by atoms with Crippen LogP contribution in [0.3, 0.4) is 0 Å². The molecule has 1 aliphatic carbocycles. The lowest BCUT2D eigenvalue weighted by Crippen LogP contribution is -2.52. The van der Waals surface area contributed by atoms with Crippen molar-refractivity contribution in [3.63, 3.8) is 0 Å². The molecule has 4 N–H and O–H groups in total. The van der Waals surface area contributed by atoms with Crippen molar-refractivity contribution in [3.8, 4) is 0 Å². The summed E-state index contributed by atoms with van der Waals surface area (Å²) in [6.07, 6.45) is 3.11. The van der Waals surface area contributed by atoms with Gasteiger partial charge in [-0.05, 0) is 63.9 Å². The first-order valence-electron chi connectivity index (χ1n) is 13.2. The third kappa shape index (κ3) is 10.4. The molecule has 3 atom stereocenters. The fraction of sp³-hybridized carbons (Fsp3) is 0.643. The standard InChI is InChI=1S/C28H43N3O6/c1-6-18(2)23(31-27(36)37-28(3,4)5)25(33)29-17-20-12-14-21(15-13-20)24(32)30-22(26(34)35)16-19-10-8-7-9-11-19/h7-11,18,20-23H,6,12-17H2,1-5H3,(H,29,33)(H,30,32)(H,31,36)(H,34,35)/t18?,20?,21?,22-,23-/m0/s1. The third-order valence-electron chi connectivity index (χ3n) is 6.85. The second kappa shape index (κ2) is 14.0. The first kappa shape index (κ1) is 30.1. The molecule has 1 saturated carbocycles. The highest BCUT2D eigenvalue weighted by molar-refractivity contribution is 5.86. The lowest BCUT2D eigenvalue weighted by atomic mass is 9.81. The van der Waals surface area contributed by atoms with E-state index < -0.39 is 29.7 Å². The maximum absolute atomic E-state index is 12.9. The Kier molecular flexibility index (Phi) is 11.4. The summed E-state index contributed by atoms with van der Waals surface area (Å²) in [6.45, 7) is 9.64. The van der Waals surface area contributed by atoms with E-state index in [0.29, 0.717) is 19.4 Å². The monoisotopic (exact) mass is 517 g/mol. The zero-order valence-electron chi connectivity index (χ0n) is 22.7. The number of alkyl carbamates (subject to hydrolysis) is 1. The quantitative estimate of drug-likeness (QED) is 0.354. The third-order valence-corrected chi connectivity index (χ3v) is 6.85. The highest BCUT2D eigenvalue weighted by Crippen LogP contribution is 2.29. The van der Waals surface area contributed by atoms with Crippen LogP contribution >= 0.6 is 0 Å². The smallest absolute Gasteiger partial charge is 0.408 e. The number of aliphatic carboxylic acids is 1. The van der Waals surface area contributed by atoms with Gasteiger partial charge in [0, 0.05) is 18.9 Å². The molecule has 0 aliphatic heterocycles. The summed E-state index contributed by atoms with van der Waals surface area (Å²) in [5, 5.41) is 17.9. The van der Waals surface area contributed by atoms with Crippen molar-refractivity contribution in [2.75, 3.05) is 6.54 Å². The van der Waals surface area contributed by atoms with Crippen molar-refractivity contribution in [2.24, 2.45) is 17.8 Å². The Labute approximate surface area is 220 Å². The van der Waals surface area contributed by atoms with Crippen LogP contribution < -0.4 is 16.0 Å². The van der Waals surface area contributed by atoms with E-state index in [9.17, 15) is 24.3 Å². The summed E-state index contributed by atoms with van der Waals surface area (Å²) in [4.78, 5) is 49.6. The van der Waals surface area contributed by atoms with Gasteiger partial charge in [0.15, 0.2) is 0 Å². The highest BCUT2D eigenvalue weighted by Gasteiger charge is 2.31. The van der Waals surface area contributed by atoms with Gasteiger partial charge in [0.1, 0.15) is 17.7 Å². The lowest BCUT2D eigenvalue weighted by molar-refractivity contribution is -0.142. The van der Waals surface area contributed by atoms with E-state index in [1.807, 2.05) is 44.2 Å². The number of hydrogen-bond donors (Lipinski definition) is 4. The average Bonchev–Trinajstić information content (AvgIpc) is 2.84. The molecule has 0 heterocycles. The first-order chi connectivity index (χ1) is 17.4. The number of hydrogen-bond acceptors (Lipinski definition) is 5. The van der Waals surface area contributed by atoms with Crippen molar-refractivity contribution in [2.45, 2.75) is 90.8 Å². The van der Waals surface area contributed by atoms with Crippen LogP contribution in [0.2, 0.25) is 0 Å². The van der Waals surface area contributed by atoms with E-state index in [1.165, 1.54) is 0 Å². The summed E-state index contributed by atoms with van der Waals surface area (Å²) < 4.78 is 5.31. The predicted octanol–water partition coefficient (Wildman–Crippen LogP) is 3.66. The SMILES string of the molecule is CCC(C)[C@H](NC(=O)OC(C)(C)C)C(=O)NCC1CCC(C(=O)N[C@@H](Cc2ccccc2)C(=O)O)CC1. The molecule has 37 heavy (non-hydrogen) atoms. The van der Waals surface area contributed by atoms with Crippen molar-refractivity contribution >= 4 is 23.9 Å². The molecule has 206 valence electrons. The lowest BCUT2D eigenvalue weighted by Gasteiger charge is -2.30. The molecule has 0 aromatic heterocycles. The Bertz CT molecular complexity index is 906. The summed E-state index contributed by atoms with van der Waals surface area (Å²) >= 11 is 0. The van der Waals surface area contributed by atoms with E-state index in [2.05, 4.69) is 16.0 Å².